The maximum Gasteiger partial charge on any atom is 0.418 e. The number of thiocarbonyl (C=S) groups is 1. The largest absolute Gasteiger partial charge is 0.418 e. The molecule has 0 radical (unpaired) electrons. The summed E-state index contributed by atoms with van der Waals surface area (Å²) in [5, 5.41) is 15.8. The van der Waals surface area contributed by atoms with E-state index in [-0.39, 0.29) is 15.2 Å². The minimum absolute atomic E-state index is 0.146. The Balaban J connectivity index is 2.28. The number of anilines is 2. The number of hydrogen-bond acceptors (Lipinski definition) is 3. The molecule has 5 nitrogen and oxygen atoms in total. The topological polar surface area (TPSA) is 67.2 Å². The van der Waals surface area contributed by atoms with Gasteiger partial charge in [-0.15, -0.1) is 0 Å². The minimum Gasteiger partial charge on any atom is -0.332 e. The second kappa shape index (κ2) is 7.42. The monoisotopic (exact) mass is 409 g/mol. The molecule has 2 N–H and O–H groups in total. The van der Waals surface area contributed by atoms with Crippen molar-refractivity contribution in [1.82, 2.24) is 0 Å². The number of rotatable bonds is 3. The van der Waals surface area contributed by atoms with Crippen molar-refractivity contribution in [2.75, 3.05) is 10.6 Å². The average Bonchev–Trinajstić information content (AvgIpc) is 2.51. The van der Waals surface area contributed by atoms with E-state index in [1.54, 1.807) is 6.07 Å². The maximum atomic E-state index is 13.1. The lowest BCUT2D eigenvalue weighted by molar-refractivity contribution is -0.385. The summed E-state index contributed by atoms with van der Waals surface area (Å²) in [6.07, 6.45) is -4.81. The number of halogens is 5. The normalized spacial score (nSPS) is 11.1. The highest BCUT2D eigenvalue weighted by atomic mass is 35.5. The van der Waals surface area contributed by atoms with Gasteiger partial charge in [0.05, 0.1) is 31.9 Å². The van der Waals surface area contributed by atoms with Crippen molar-refractivity contribution in [3.05, 3.63) is 62.1 Å². The molecule has 2 aromatic carbocycles. The number of benzene rings is 2. The molecule has 0 aliphatic carbocycles. The summed E-state index contributed by atoms with van der Waals surface area (Å²) in [6, 6.07) is 6.93. The highest BCUT2D eigenvalue weighted by Crippen LogP contribution is 2.37. The van der Waals surface area contributed by atoms with Crippen LogP contribution in [0.2, 0.25) is 10.0 Å². The third-order valence-electron chi connectivity index (χ3n) is 2.97. The quantitative estimate of drug-likeness (QED) is 0.384. The van der Waals surface area contributed by atoms with Crippen LogP contribution in [0.15, 0.2) is 36.4 Å². The molecule has 0 aliphatic heterocycles. The fourth-order valence-corrected chi connectivity index (χ4v) is 2.43. The summed E-state index contributed by atoms with van der Waals surface area (Å²) in [5.41, 5.74) is -2.05. The van der Waals surface area contributed by atoms with Gasteiger partial charge in [0.2, 0.25) is 0 Å². The molecule has 132 valence electrons. The average molecular weight is 410 g/mol. The van der Waals surface area contributed by atoms with Crippen molar-refractivity contribution < 1.29 is 18.1 Å². The van der Waals surface area contributed by atoms with Crippen LogP contribution in [0.25, 0.3) is 0 Å². The van der Waals surface area contributed by atoms with Crippen LogP contribution < -0.4 is 10.6 Å². The molecule has 0 unspecified atom stereocenters. The Morgan fingerprint density at radius 1 is 1.12 bits per heavy atom. The molecule has 0 saturated carbocycles. The standard InChI is InChI=1S/C14H8Cl2F3N3O2S/c15-9-2-1-3-11(12(9)16)21-13(25)20-10-5-4-7(22(23)24)6-8(10)14(17,18)19/h1-6H,(H2,20,21,25). The van der Waals surface area contributed by atoms with Gasteiger partial charge in [0, 0.05) is 12.1 Å². The van der Waals surface area contributed by atoms with Crippen molar-refractivity contribution in [1.29, 1.82) is 0 Å². The fraction of sp³-hybridized carbons (Fsp3) is 0.0714. The SMILES string of the molecule is O=[N+]([O-])c1ccc(NC(=S)Nc2cccc(Cl)c2Cl)c(C(F)(F)F)c1. The Hall–Kier alpha value is -2.10. The first kappa shape index (κ1) is 19.2. The zero-order valence-corrected chi connectivity index (χ0v) is 14.4. The van der Waals surface area contributed by atoms with Crippen LogP contribution in [0.3, 0.4) is 0 Å². The number of hydrogen-bond donors (Lipinski definition) is 2. The molecule has 0 amide bonds. The van der Waals surface area contributed by atoms with Gasteiger partial charge in [0.1, 0.15) is 0 Å². The van der Waals surface area contributed by atoms with E-state index in [2.05, 4.69) is 10.6 Å². The minimum atomic E-state index is -4.81. The first-order valence-electron chi connectivity index (χ1n) is 6.47. The molecule has 0 spiro atoms. The van der Waals surface area contributed by atoms with Crippen LogP contribution in [0.5, 0.6) is 0 Å². The van der Waals surface area contributed by atoms with Crippen LogP contribution in [0, 0.1) is 10.1 Å². The fourth-order valence-electron chi connectivity index (χ4n) is 1.87. The third kappa shape index (κ3) is 4.71. The van der Waals surface area contributed by atoms with Crippen molar-refractivity contribution in [2.24, 2.45) is 0 Å². The number of nitrogens with zero attached hydrogens (tertiary/aromatic N) is 1. The Morgan fingerprint density at radius 3 is 2.36 bits per heavy atom. The van der Waals surface area contributed by atoms with E-state index < -0.39 is 28.0 Å². The predicted octanol–water partition coefficient (Wildman–Crippen LogP) is 5.73. The lowest BCUT2D eigenvalue weighted by Crippen LogP contribution is -2.22. The molecule has 0 saturated heterocycles. The molecule has 11 heteroatoms. The van der Waals surface area contributed by atoms with Crippen molar-refractivity contribution in [3.8, 4) is 0 Å². The van der Waals surface area contributed by atoms with Gasteiger partial charge in [-0.2, -0.15) is 13.2 Å². The lowest BCUT2D eigenvalue weighted by Gasteiger charge is -2.16. The predicted molar refractivity (Wildman–Crippen MR) is 94.4 cm³/mol. The molecule has 0 heterocycles. The van der Waals surface area contributed by atoms with Gasteiger partial charge in [0.15, 0.2) is 5.11 Å². The van der Waals surface area contributed by atoms with Crippen LogP contribution in [-0.4, -0.2) is 10.0 Å². The zero-order valence-electron chi connectivity index (χ0n) is 12.0. The molecule has 2 aromatic rings. The summed E-state index contributed by atoms with van der Waals surface area (Å²) >= 11 is 16.8. The molecular formula is C14H8Cl2F3N3O2S. The van der Waals surface area contributed by atoms with Crippen LogP contribution in [-0.2, 0) is 6.18 Å². The molecule has 0 atom stereocenters. The van der Waals surface area contributed by atoms with E-state index in [4.69, 9.17) is 35.4 Å². The second-order valence-electron chi connectivity index (χ2n) is 4.67. The third-order valence-corrected chi connectivity index (χ3v) is 3.99. The molecular weight excluding hydrogens is 402 g/mol. The van der Waals surface area contributed by atoms with Gasteiger partial charge in [0.25, 0.3) is 5.69 Å². The first-order valence-corrected chi connectivity index (χ1v) is 7.63. The van der Waals surface area contributed by atoms with Gasteiger partial charge in [-0.3, -0.25) is 10.1 Å². The van der Waals surface area contributed by atoms with Crippen molar-refractivity contribution in [2.45, 2.75) is 6.18 Å². The van der Waals surface area contributed by atoms with E-state index in [9.17, 15) is 23.3 Å². The first-order chi connectivity index (χ1) is 11.6. The summed E-state index contributed by atoms with van der Waals surface area (Å²) < 4.78 is 39.4. The van der Waals surface area contributed by atoms with Crippen molar-refractivity contribution >= 4 is 57.6 Å². The van der Waals surface area contributed by atoms with E-state index in [0.717, 1.165) is 12.1 Å². The highest BCUT2D eigenvalue weighted by Gasteiger charge is 2.35. The van der Waals surface area contributed by atoms with Crippen LogP contribution in [0.4, 0.5) is 30.2 Å². The van der Waals surface area contributed by atoms with Gasteiger partial charge < -0.3 is 10.6 Å². The van der Waals surface area contributed by atoms with Crippen LogP contribution in [0.1, 0.15) is 5.56 Å². The second-order valence-corrected chi connectivity index (χ2v) is 5.86. The molecule has 0 aliphatic rings. The van der Waals surface area contributed by atoms with E-state index >= 15 is 0 Å². The summed E-state index contributed by atoms with van der Waals surface area (Å²) in [7, 11) is 0. The van der Waals surface area contributed by atoms with Gasteiger partial charge in [-0.25, -0.2) is 0 Å². The number of nitrogens with one attached hydrogen (secondary N) is 2. The Labute approximate surface area is 154 Å². The van der Waals surface area contributed by atoms with Crippen LogP contribution >= 0.6 is 35.4 Å². The van der Waals surface area contributed by atoms with Crippen molar-refractivity contribution in [3.63, 3.8) is 0 Å². The molecule has 2 rings (SSSR count). The summed E-state index contributed by atoms with van der Waals surface area (Å²) in [6.45, 7) is 0. The lowest BCUT2D eigenvalue weighted by atomic mass is 10.1. The molecule has 0 aromatic heterocycles. The number of nitro benzene ring substituents is 1. The van der Waals surface area contributed by atoms with Gasteiger partial charge in [-0.05, 0) is 30.4 Å². The van der Waals surface area contributed by atoms with E-state index in [1.165, 1.54) is 12.1 Å². The van der Waals surface area contributed by atoms with E-state index in [0.29, 0.717) is 11.8 Å². The van der Waals surface area contributed by atoms with E-state index in [1.807, 2.05) is 0 Å². The smallest absolute Gasteiger partial charge is 0.332 e. The highest BCUT2D eigenvalue weighted by molar-refractivity contribution is 7.80. The molecule has 0 bridgehead atoms. The van der Waals surface area contributed by atoms with Gasteiger partial charge >= 0.3 is 6.18 Å². The Morgan fingerprint density at radius 2 is 1.76 bits per heavy atom. The zero-order chi connectivity index (χ0) is 18.8. The molecule has 0 fully saturated rings. The van der Waals surface area contributed by atoms with Gasteiger partial charge in [-0.1, -0.05) is 29.3 Å². The Bertz CT molecular complexity index is 847. The number of alkyl halides is 3. The number of nitro groups is 1. The maximum absolute atomic E-state index is 13.1. The molecule has 25 heavy (non-hydrogen) atoms. The number of non-ortho nitro benzene ring substituents is 1. The summed E-state index contributed by atoms with van der Waals surface area (Å²) in [5.74, 6) is 0. The summed E-state index contributed by atoms with van der Waals surface area (Å²) in [4.78, 5) is 9.76. The Kier molecular flexibility index (Phi) is 5.71.